The zero-order valence-electron chi connectivity index (χ0n) is 13.5. The summed E-state index contributed by atoms with van der Waals surface area (Å²) in [4.78, 5) is 14.3. The molecule has 1 amide bonds. The Labute approximate surface area is 131 Å². The molecule has 0 radical (unpaired) electrons. The molecule has 1 aromatic heterocycles. The van der Waals surface area contributed by atoms with Gasteiger partial charge < -0.3 is 10.2 Å². The van der Waals surface area contributed by atoms with E-state index in [4.69, 9.17) is 0 Å². The van der Waals surface area contributed by atoms with Crippen LogP contribution in [0.1, 0.15) is 26.0 Å². The molecule has 1 heterocycles. The molecule has 5 heteroatoms. The number of benzene rings is 1. The van der Waals surface area contributed by atoms with Crippen molar-refractivity contribution in [3.63, 3.8) is 0 Å². The van der Waals surface area contributed by atoms with Crippen LogP contribution in [0.5, 0.6) is 0 Å². The van der Waals surface area contributed by atoms with Gasteiger partial charge in [-0.1, -0.05) is 0 Å². The molecule has 0 fully saturated rings. The van der Waals surface area contributed by atoms with Crippen LogP contribution in [0.2, 0.25) is 0 Å². The molecule has 1 aromatic carbocycles. The fourth-order valence-electron chi connectivity index (χ4n) is 2.41. The Morgan fingerprint density at radius 2 is 1.86 bits per heavy atom. The second-order valence-electron chi connectivity index (χ2n) is 5.21. The smallest absolute Gasteiger partial charge is 0.226 e. The molecule has 5 nitrogen and oxygen atoms in total. The van der Waals surface area contributed by atoms with E-state index in [1.165, 1.54) is 5.69 Å². The summed E-state index contributed by atoms with van der Waals surface area (Å²) in [5.41, 5.74) is 3.07. The molecule has 0 saturated heterocycles. The lowest BCUT2D eigenvalue weighted by atomic mass is 10.2. The van der Waals surface area contributed by atoms with E-state index >= 15 is 0 Å². The van der Waals surface area contributed by atoms with Crippen molar-refractivity contribution in [1.82, 2.24) is 9.78 Å². The van der Waals surface area contributed by atoms with E-state index in [-0.39, 0.29) is 5.91 Å². The van der Waals surface area contributed by atoms with Crippen molar-refractivity contribution in [2.45, 2.75) is 33.7 Å². The standard InChI is InChI=1S/C17H24N4O/c1-4-20(5-2)16-8-6-15(7-9-16)19-17(22)11-13-21-14(3)10-12-18-21/h6-10,12H,4-5,11,13H2,1-3H3,(H,19,22). The summed E-state index contributed by atoms with van der Waals surface area (Å²) < 4.78 is 1.84. The Hall–Kier alpha value is -2.30. The first-order chi connectivity index (χ1) is 10.6. The third-order valence-electron chi connectivity index (χ3n) is 3.76. The topological polar surface area (TPSA) is 50.2 Å². The third-order valence-corrected chi connectivity index (χ3v) is 3.76. The maximum Gasteiger partial charge on any atom is 0.226 e. The Bertz CT molecular complexity index is 599. The normalized spacial score (nSPS) is 10.5. The highest BCUT2D eigenvalue weighted by Gasteiger charge is 2.06. The van der Waals surface area contributed by atoms with Crippen LogP contribution in [-0.2, 0) is 11.3 Å². The van der Waals surface area contributed by atoms with E-state index < -0.39 is 0 Å². The van der Waals surface area contributed by atoms with Crippen LogP contribution in [0.4, 0.5) is 11.4 Å². The van der Waals surface area contributed by atoms with Gasteiger partial charge in [0, 0.05) is 49.3 Å². The van der Waals surface area contributed by atoms with Crippen LogP contribution >= 0.6 is 0 Å². The summed E-state index contributed by atoms with van der Waals surface area (Å²) in [6, 6.07) is 9.92. The number of aryl methyl sites for hydroxylation is 2. The molecule has 1 N–H and O–H groups in total. The number of nitrogens with zero attached hydrogens (tertiary/aromatic N) is 3. The first-order valence-corrected chi connectivity index (χ1v) is 7.77. The highest BCUT2D eigenvalue weighted by Crippen LogP contribution is 2.17. The van der Waals surface area contributed by atoms with Gasteiger partial charge in [0.1, 0.15) is 0 Å². The average Bonchev–Trinajstić information content (AvgIpc) is 2.93. The quantitative estimate of drug-likeness (QED) is 0.855. The van der Waals surface area contributed by atoms with Crippen LogP contribution in [0.3, 0.4) is 0 Å². The van der Waals surface area contributed by atoms with Gasteiger partial charge in [-0.3, -0.25) is 9.48 Å². The summed E-state index contributed by atoms with van der Waals surface area (Å²) >= 11 is 0. The number of nitrogens with one attached hydrogen (secondary N) is 1. The monoisotopic (exact) mass is 300 g/mol. The molecule has 0 atom stereocenters. The van der Waals surface area contributed by atoms with E-state index in [2.05, 4.69) is 29.2 Å². The van der Waals surface area contributed by atoms with Crippen LogP contribution in [0, 0.1) is 6.92 Å². The fourth-order valence-corrected chi connectivity index (χ4v) is 2.41. The maximum atomic E-state index is 12.0. The minimum atomic E-state index is 0.00508. The molecule has 0 unspecified atom stereocenters. The highest BCUT2D eigenvalue weighted by molar-refractivity contribution is 5.90. The van der Waals surface area contributed by atoms with Gasteiger partial charge >= 0.3 is 0 Å². The molecule has 2 aromatic rings. The molecular formula is C17H24N4O. The summed E-state index contributed by atoms with van der Waals surface area (Å²) in [7, 11) is 0. The number of hydrogen-bond donors (Lipinski definition) is 1. The van der Waals surface area contributed by atoms with E-state index in [1.807, 2.05) is 41.9 Å². The summed E-state index contributed by atoms with van der Waals surface area (Å²) in [6.45, 7) is 8.81. The van der Waals surface area contributed by atoms with Crippen molar-refractivity contribution in [3.8, 4) is 0 Å². The number of rotatable bonds is 7. The van der Waals surface area contributed by atoms with Crippen LogP contribution in [-0.4, -0.2) is 28.8 Å². The zero-order chi connectivity index (χ0) is 15.9. The van der Waals surface area contributed by atoms with Crippen molar-refractivity contribution >= 4 is 17.3 Å². The predicted octanol–water partition coefficient (Wildman–Crippen LogP) is 3.07. The van der Waals surface area contributed by atoms with E-state index in [0.29, 0.717) is 13.0 Å². The predicted molar refractivity (Wildman–Crippen MR) is 90.2 cm³/mol. The molecule has 0 aliphatic carbocycles. The first-order valence-electron chi connectivity index (χ1n) is 7.77. The lowest BCUT2D eigenvalue weighted by molar-refractivity contribution is -0.116. The number of amides is 1. The van der Waals surface area contributed by atoms with Crippen molar-refractivity contribution < 1.29 is 4.79 Å². The van der Waals surface area contributed by atoms with Gasteiger partial charge in [0.15, 0.2) is 0 Å². The van der Waals surface area contributed by atoms with Gasteiger partial charge in [0.2, 0.25) is 5.91 Å². The number of carbonyl (C=O) groups excluding carboxylic acids is 1. The largest absolute Gasteiger partial charge is 0.372 e. The van der Waals surface area contributed by atoms with E-state index in [9.17, 15) is 4.79 Å². The molecular weight excluding hydrogens is 276 g/mol. The van der Waals surface area contributed by atoms with Gasteiger partial charge in [-0.2, -0.15) is 5.10 Å². The van der Waals surface area contributed by atoms with Crippen molar-refractivity contribution in [2.24, 2.45) is 0 Å². The van der Waals surface area contributed by atoms with E-state index in [0.717, 1.165) is 24.5 Å². The number of carbonyl (C=O) groups is 1. The second-order valence-corrected chi connectivity index (χ2v) is 5.21. The van der Waals surface area contributed by atoms with Gasteiger partial charge in [0.05, 0.1) is 0 Å². The molecule has 118 valence electrons. The Balaban J connectivity index is 1.87. The Morgan fingerprint density at radius 1 is 1.18 bits per heavy atom. The van der Waals surface area contributed by atoms with Crippen molar-refractivity contribution in [3.05, 3.63) is 42.2 Å². The Kier molecular flexibility index (Phi) is 5.58. The van der Waals surface area contributed by atoms with Crippen molar-refractivity contribution in [1.29, 1.82) is 0 Å². The van der Waals surface area contributed by atoms with Gasteiger partial charge in [-0.15, -0.1) is 0 Å². The highest BCUT2D eigenvalue weighted by atomic mass is 16.1. The summed E-state index contributed by atoms with van der Waals surface area (Å²) in [5, 5.41) is 7.10. The average molecular weight is 300 g/mol. The van der Waals surface area contributed by atoms with Gasteiger partial charge in [-0.05, 0) is 51.1 Å². The van der Waals surface area contributed by atoms with E-state index in [1.54, 1.807) is 6.20 Å². The molecule has 0 spiro atoms. The third kappa shape index (κ3) is 4.10. The number of hydrogen-bond acceptors (Lipinski definition) is 3. The summed E-state index contributed by atoms with van der Waals surface area (Å²) in [6.07, 6.45) is 2.17. The van der Waals surface area contributed by atoms with Gasteiger partial charge in [0.25, 0.3) is 0 Å². The number of anilines is 2. The fraction of sp³-hybridized carbons (Fsp3) is 0.412. The summed E-state index contributed by atoms with van der Waals surface area (Å²) in [5.74, 6) is 0.00508. The SMILES string of the molecule is CCN(CC)c1ccc(NC(=O)CCn2nccc2C)cc1. The number of aromatic nitrogens is 2. The molecule has 0 saturated carbocycles. The lowest BCUT2D eigenvalue weighted by Gasteiger charge is -2.21. The first kappa shape index (κ1) is 16.1. The molecule has 0 aliphatic rings. The molecule has 2 rings (SSSR count). The second kappa shape index (κ2) is 7.64. The van der Waals surface area contributed by atoms with Crippen LogP contribution in [0.25, 0.3) is 0 Å². The lowest BCUT2D eigenvalue weighted by Crippen LogP contribution is -2.21. The molecule has 0 bridgehead atoms. The molecule has 0 aliphatic heterocycles. The van der Waals surface area contributed by atoms with Crippen molar-refractivity contribution in [2.75, 3.05) is 23.3 Å². The minimum absolute atomic E-state index is 0.00508. The Morgan fingerprint density at radius 3 is 2.41 bits per heavy atom. The maximum absolute atomic E-state index is 12.0. The van der Waals surface area contributed by atoms with Crippen LogP contribution < -0.4 is 10.2 Å². The van der Waals surface area contributed by atoms with Gasteiger partial charge in [-0.25, -0.2) is 0 Å². The van der Waals surface area contributed by atoms with Crippen LogP contribution in [0.15, 0.2) is 36.5 Å². The molecule has 22 heavy (non-hydrogen) atoms. The minimum Gasteiger partial charge on any atom is -0.372 e. The zero-order valence-corrected chi connectivity index (χ0v) is 13.5.